The summed E-state index contributed by atoms with van der Waals surface area (Å²) in [4.78, 5) is 14.4. The van der Waals surface area contributed by atoms with Crippen LogP contribution in [0.2, 0.25) is 5.02 Å². The standard InChI is InChI=1S/C17H28ClN3O3S/c1-6-21(7-2)11-10-19-16(22)13-8-9-14(18)15(12-13)25(23,24)20-17(3,4)5/h8-9,12,20H,6-7,10-11H2,1-5H3,(H,19,22). The first-order chi connectivity index (χ1) is 11.5. The molecule has 0 bridgehead atoms. The minimum Gasteiger partial charge on any atom is -0.351 e. The number of hydrogen-bond donors (Lipinski definition) is 2. The Morgan fingerprint density at radius 2 is 1.80 bits per heavy atom. The summed E-state index contributed by atoms with van der Waals surface area (Å²) in [5, 5.41) is 2.89. The molecule has 0 heterocycles. The van der Waals surface area contributed by atoms with Crippen molar-refractivity contribution < 1.29 is 13.2 Å². The van der Waals surface area contributed by atoms with Crippen molar-refractivity contribution in [3.8, 4) is 0 Å². The smallest absolute Gasteiger partial charge is 0.251 e. The predicted octanol–water partition coefficient (Wildman–Crippen LogP) is 2.49. The van der Waals surface area contributed by atoms with Crippen LogP contribution < -0.4 is 10.0 Å². The lowest BCUT2D eigenvalue weighted by molar-refractivity contribution is 0.0948. The molecule has 0 spiro atoms. The molecular weight excluding hydrogens is 362 g/mol. The van der Waals surface area contributed by atoms with Crippen molar-refractivity contribution in [2.75, 3.05) is 26.2 Å². The lowest BCUT2D eigenvalue weighted by atomic mass is 10.1. The molecule has 0 aromatic heterocycles. The first-order valence-electron chi connectivity index (χ1n) is 8.34. The number of benzene rings is 1. The summed E-state index contributed by atoms with van der Waals surface area (Å²) in [6.07, 6.45) is 0. The van der Waals surface area contributed by atoms with Gasteiger partial charge in [0.2, 0.25) is 10.0 Å². The summed E-state index contributed by atoms with van der Waals surface area (Å²) in [6.45, 7) is 12.4. The Kier molecular flexibility index (Phi) is 7.87. The summed E-state index contributed by atoms with van der Waals surface area (Å²) in [7, 11) is -3.82. The highest BCUT2D eigenvalue weighted by Crippen LogP contribution is 2.24. The Morgan fingerprint density at radius 3 is 2.32 bits per heavy atom. The molecule has 0 aliphatic rings. The van der Waals surface area contributed by atoms with Crippen LogP contribution in [0.15, 0.2) is 23.1 Å². The third kappa shape index (κ3) is 6.93. The third-order valence-electron chi connectivity index (χ3n) is 3.53. The summed E-state index contributed by atoms with van der Waals surface area (Å²) in [6, 6.07) is 4.26. The highest BCUT2D eigenvalue weighted by molar-refractivity contribution is 7.89. The van der Waals surface area contributed by atoms with Gasteiger partial charge in [-0.05, 0) is 52.1 Å². The highest BCUT2D eigenvalue weighted by Gasteiger charge is 2.25. The molecular formula is C17H28ClN3O3S. The monoisotopic (exact) mass is 389 g/mol. The summed E-state index contributed by atoms with van der Waals surface area (Å²) in [5.74, 6) is -0.323. The van der Waals surface area contributed by atoms with Crippen molar-refractivity contribution in [1.29, 1.82) is 0 Å². The van der Waals surface area contributed by atoms with Gasteiger partial charge < -0.3 is 10.2 Å². The van der Waals surface area contributed by atoms with Crippen LogP contribution >= 0.6 is 11.6 Å². The van der Waals surface area contributed by atoms with E-state index in [0.717, 1.165) is 19.6 Å². The fourth-order valence-corrected chi connectivity index (χ4v) is 4.22. The van der Waals surface area contributed by atoms with Gasteiger partial charge in [0, 0.05) is 24.2 Å². The molecule has 0 saturated carbocycles. The number of carbonyl (C=O) groups excluding carboxylic acids is 1. The van der Waals surface area contributed by atoms with Gasteiger partial charge in [0.1, 0.15) is 4.90 Å². The average Bonchev–Trinajstić information content (AvgIpc) is 2.49. The van der Waals surface area contributed by atoms with E-state index in [9.17, 15) is 13.2 Å². The fourth-order valence-electron chi connectivity index (χ4n) is 2.28. The van der Waals surface area contributed by atoms with Crippen LogP contribution in [0.3, 0.4) is 0 Å². The van der Waals surface area contributed by atoms with Crippen LogP contribution in [0.5, 0.6) is 0 Å². The van der Waals surface area contributed by atoms with E-state index in [1.54, 1.807) is 20.8 Å². The van der Waals surface area contributed by atoms with E-state index < -0.39 is 15.6 Å². The number of halogens is 1. The highest BCUT2D eigenvalue weighted by atomic mass is 35.5. The molecule has 142 valence electrons. The molecule has 1 amide bonds. The zero-order valence-corrected chi connectivity index (χ0v) is 17.1. The lowest BCUT2D eigenvalue weighted by Gasteiger charge is -2.21. The van der Waals surface area contributed by atoms with Gasteiger partial charge in [-0.3, -0.25) is 4.79 Å². The fraction of sp³-hybridized carbons (Fsp3) is 0.588. The molecule has 0 aliphatic heterocycles. The maximum atomic E-state index is 12.5. The van der Waals surface area contributed by atoms with Gasteiger partial charge in [-0.1, -0.05) is 25.4 Å². The first-order valence-corrected chi connectivity index (χ1v) is 10.2. The van der Waals surface area contributed by atoms with Crippen molar-refractivity contribution in [3.63, 3.8) is 0 Å². The van der Waals surface area contributed by atoms with E-state index in [-0.39, 0.29) is 21.4 Å². The number of amides is 1. The number of carbonyl (C=O) groups is 1. The number of rotatable bonds is 8. The van der Waals surface area contributed by atoms with Crippen molar-refractivity contribution in [3.05, 3.63) is 28.8 Å². The van der Waals surface area contributed by atoms with Crippen LogP contribution in [-0.4, -0.2) is 50.9 Å². The van der Waals surface area contributed by atoms with Gasteiger partial charge in [-0.25, -0.2) is 13.1 Å². The number of nitrogens with one attached hydrogen (secondary N) is 2. The van der Waals surface area contributed by atoms with Gasteiger partial charge in [0.25, 0.3) is 5.91 Å². The Hall–Kier alpha value is -1.15. The van der Waals surface area contributed by atoms with E-state index in [1.165, 1.54) is 18.2 Å². The van der Waals surface area contributed by atoms with Gasteiger partial charge >= 0.3 is 0 Å². The molecule has 0 aliphatic carbocycles. The second-order valence-electron chi connectivity index (χ2n) is 6.78. The molecule has 6 nitrogen and oxygen atoms in total. The van der Waals surface area contributed by atoms with Crippen LogP contribution in [0.4, 0.5) is 0 Å². The van der Waals surface area contributed by atoms with Crippen LogP contribution in [0, 0.1) is 0 Å². The van der Waals surface area contributed by atoms with E-state index in [2.05, 4.69) is 28.8 Å². The Bertz CT molecular complexity index is 696. The number of sulfonamides is 1. The number of likely N-dealkylation sites (N-methyl/N-ethyl adjacent to an activating group) is 1. The summed E-state index contributed by atoms with van der Waals surface area (Å²) >= 11 is 6.04. The minimum atomic E-state index is -3.82. The molecule has 1 rings (SSSR count). The predicted molar refractivity (Wildman–Crippen MR) is 102 cm³/mol. The maximum absolute atomic E-state index is 12.5. The topological polar surface area (TPSA) is 78.5 Å². The van der Waals surface area contributed by atoms with Crippen LogP contribution in [0.1, 0.15) is 45.0 Å². The van der Waals surface area contributed by atoms with Gasteiger partial charge in [0.15, 0.2) is 0 Å². The van der Waals surface area contributed by atoms with E-state index >= 15 is 0 Å². The molecule has 1 aromatic rings. The van der Waals surface area contributed by atoms with Crippen LogP contribution in [0.25, 0.3) is 0 Å². The average molecular weight is 390 g/mol. The molecule has 1 aromatic carbocycles. The number of nitrogens with zero attached hydrogens (tertiary/aromatic N) is 1. The van der Waals surface area contributed by atoms with Crippen molar-refractivity contribution in [2.45, 2.75) is 45.1 Å². The maximum Gasteiger partial charge on any atom is 0.251 e. The SMILES string of the molecule is CCN(CC)CCNC(=O)c1ccc(Cl)c(S(=O)(=O)NC(C)(C)C)c1. The molecule has 0 atom stereocenters. The van der Waals surface area contributed by atoms with Crippen molar-refractivity contribution in [1.82, 2.24) is 14.9 Å². The summed E-state index contributed by atoms with van der Waals surface area (Å²) in [5.41, 5.74) is -0.386. The van der Waals surface area contributed by atoms with E-state index in [0.29, 0.717) is 6.54 Å². The molecule has 2 N–H and O–H groups in total. The normalized spacial score (nSPS) is 12.4. The van der Waals surface area contributed by atoms with E-state index in [1.807, 2.05) is 0 Å². The Balaban J connectivity index is 2.92. The molecule has 0 fully saturated rings. The first kappa shape index (κ1) is 21.9. The van der Waals surface area contributed by atoms with Crippen LogP contribution in [-0.2, 0) is 10.0 Å². The Morgan fingerprint density at radius 1 is 1.20 bits per heavy atom. The van der Waals surface area contributed by atoms with Gasteiger partial charge in [-0.2, -0.15) is 0 Å². The lowest BCUT2D eigenvalue weighted by Crippen LogP contribution is -2.40. The third-order valence-corrected chi connectivity index (χ3v) is 5.77. The zero-order chi connectivity index (χ0) is 19.3. The van der Waals surface area contributed by atoms with Gasteiger partial charge in [0.05, 0.1) is 5.02 Å². The molecule has 0 saturated heterocycles. The molecule has 25 heavy (non-hydrogen) atoms. The quantitative estimate of drug-likeness (QED) is 0.716. The molecule has 8 heteroatoms. The molecule has 0 unspecified atom stereocenters. The minimum absolute atomic E-state index is 0.0800. The largest absolute Gasteiger partial charge is 0.351 e. The van der Waals surface area contributed by atoms with Gasteiger partial charge in [-0.15, -0.1) is 0 Å². The van der Waals surface area contributed by atoms with E-state index in [4.69, 9.17) is 11.6 Å². The molecule has 0 radical (unpaired) electrons. The second kappa shape index (κ2) is 8.98. The van der Waals surface area contributed by atoms with Crippen molar-refractivity contribution in [2.24, 2.45) is 0 Å². The Labute approximate surface area is 156 Å². The zero-order valence-electron chi connectivity index (χ0n) is 15.5. The van der Waals surface area contributed by atoms with Crippen molar-refractivity contribution >= 4 is 27.5 Å². The number of hydrogen-bond acceptors (Lipinski definition) is 4. The summed E-state index contributed by atoms with van der Waals surface area (Å²) < 4.78 is 27.5. The second-order valence-corrected chi connectivity index (χ2v) is 8.84.